The lowest BCUT2D eigenvalue weighted by molar-refractivity contribution is -0.123. The topological polar surface area (TPSA) is 180 Å². The van der Waals surface area contributed by atoms with E-state index < -0.39 is 58.7 Å². The standard InChI is InChI=1S/C21H20F2N4O5S.C7H6FNO2/c1-2-32-21(29)17-7-14(9-24)19(25-18(17)8-22)27-10-15(11-27)20(28)26-33(30,31)12-13-4-3-5-16(23)6-13;8-4-6-5(7(10)11)2-1-3-9-6/h3-7,15H,2,8,10-12H2,1H3,(H,26,28);1-3H,4H2,(H,10,11). The second-order valence-electron chi connectivity index (χ2n) is 9.21. The number of benzene rings is 1. The number of nitriles is 1. The van der Waals surface area contributed by atoms with Gasteiger partial charge in [-0.1, -0.05) is 12.1 Å². The van der Waals surface area contributed by atoms with Crippen molar-refractivity contribution in [3.8, 4) is 6.07 Å². The van der Waals surface area contributed by atoms with Crippen LogP contribution >= 0.6 is 0 Å². The van der Waals surface area contributed by atoms with Crippen LogP contribution in [0.2, 0.25) is 0 Å². The third-order valence-corrected chi connectivity index (χ3v) is 7.35. The summed E-state index contributed by atoms with van der Waals surface area (Å²) in [6.45, 7) is -0.185. The maximum absolute atomic E-state index is 13.5. The van der Waals surface area contributed by atoms with Gasteiger partial charge in [-0.25, -0.2) is 36.2 Å². The van der Waals surface area contributed by atoms with E-state index in [4.69, 9.17) is 9.84 Å². The molecule has 1 amide bonds. The molecule has 1 fully saturated rings. The Labute approximate surface area is 250 Å². The molecule has 12 nitrogen and oxygen atoms in total. The Morgan fingerprint density at radius 2 is 1.82 bits per heavy atom. The number of carboxylic acids is 1. The number of nitrogens with one attached hydrogen (secondary N) is 1. The summed E-state index contributed by atoms with van der Waals surface area (Å²) in [7, 11) is -4.05. The first-order chi connectivity index (χ1) is 20.9. The van der Waals surface area contributed by atoms with Crippen LogP contribution in [-0.2, 0) is 38.7 Å². The van der Waals surface area contributed by atoms with Gasteiger partial charge in [-0.2, -0.15) is 5.26 Å². The van der Waals surface area contributed by atoms with Gasteiger partial charge in [0.2, 0.25) is 15.9 Å². The average Bonchev–Trinajstić information content (AvgIpc) is 2.95. The number of amides is 1. The first kappa shape index (κ1) is 33.5. The number of carbonyl (C=O) groups excluding carboxylic acids is 2. The number of aromatic carboxylic acids is 1. The zero-order valence-electron chi connectivity index (χ0n) is 23.2. The predicted molar refractivity (Wildman–Crippen MR) is 149 cm³/mol. The Morgan fingerprint density at radius 1 is 1.11 bits per heavy atom. The molecule has 0 spiro atoms. The number of carboxylic acid groups (broad SMARTS) is 1. The van der Waals surface area contributed by atoms with Crippen molar-refractivity contribution in [2.45, 2.75) is 26.0 Å². The normalized spacial score (nSPS) is 12.7. The molecular weight excluding hydrogens is 607 g/mol. The van der Waals surface area contributed by atoms with Gasteiger partial charge in [0.15, 0.2) is 0 Å². The molecule has 16 heteroatoms. The van der Waals surface area contributed by atoms with Crippen LogP contribution in [0.4, 0.5) is 19.0 Å². The molecule has 1 aliphatic rings. The molecule has 0 saturated carbocycles. The largest absolute Gasteiger partial charge is 0.478 e. The third kappa shape index (κ3) is 8.51. The highest BCUT2D eigenvalue weighted by molar-refractivity contribution is 7.89. The molecule has 232 valence electrons. The Kier molecular flexibility index (Phi) is 11.3. The number of pyridine rings is 2. The molecule has 1 aliphatic heterocycles. The maximum Gasteiger partial charge on any atom is 0.340 e. The van der Waals surface area contributed by atoms with Crippen molar-refractivity contribution in [1.29, 1.82) is 5.26 Å². The van der Waals surface area contributed by atoms with Crippen LogP contribution in [0.15, 0.2) is 48.7 Å². The van der Waals surface area contributed by atoms with Crippen molar-refractivity contribution in [2.75, 3.05) is 24.6 Å². The van der Waals surface area contributed by atoms with Crippen molar-refractivity contribution in [3.63, 3.8) is 0 Å². The molecule has 44 heavy (non-hydrogen) atoms. The maximum atomic E-state index is 13.5. The van der Waals surface area contributed by atoms with Crippen LogP contribution in [0.5, 0.6) is 0 Å². The fourth-order valence-corrected chi connectivity index (χ4v) is 5.19. The summed E-state index contributed by atoms with van der Waals surface area (Å²) in [5.74, 6) is -4.50. The van der Waals surface area contributed by atoms with Gasteiger partial charge >= 0.3 is 11.9 Å². The first-order valence-electron chi connectivity index (χ1n) is 12.9. The van der Waals surface area contributed by atoms with Gasteiger partial charge in [0.05, 0.1) is 46.4 Å². The van der Waals surface area contributed by atoms with E-state index >= 15 is 0 Å². The molecule has 0 radical (unpaired) electrons. The van der Waals surface area contributed by atoms with E-state index in [0.29, 0.717) is 0 Å². The summed E-state index contributed by atoms with van der Waals surface area (Å²) in [4.78, 5) is 43.9. The number of aromatic nitrogens is 2. The highest BCUT2D eigenvalue weighted by Gasteiger charge is 2.37. The fraction of sp³-hybridized carbons (Fsp3) is 0.286. The van der Waals surface area contributed by atoms with Gasteiger partial charge in [-0.15, -0.1) is 0 Å². The molecule has 0 atom stereocenters. The van der Waals surface area contributed by atoms with Crippen LogP contribution in [0, 0.1) is 23.1 Å². The summed E-state index contributed by atoms with van der Waals surface area (Å²) in [6.07, 6.45) is 1.36. The van der Waals surface area contributed by atoms with E-state index in [9.17, 15) is 41.2 Å². The Morgan fingerprint density at radius 3 is 2.39 bits per heavy atom. The molecule has 2 aromatic heterocycles. The average molecular weight is 634 g/mol. The number of nitrogens with zero attached hydrogens (tertiary/aromatic N) is 4. The van der Waals surface area contributed by atoms with Gasteiger partial charge in [0.1, 0.15) is 31.1 Å². The van der Waals surface area contributed by atoms with Crippen molar-refractivity contribution >= 4 is 33.7 Å². The Hall–Kier alpha value is -5.04. The summed E-state index contributed by atoms with van der Waals surface area (Å²) in [5.41, 5.74) is -0.275. The smallest absolute Gasteiger partial charge is 0.340 e. The van der Waals surface area contributed by atoms with Crippen molar-refractivity contribution in [2.24, 2.45) is 5.92 Å². The van der Waals surface area contributed by atoms with E-state index in [1.165, 1.54) is 47.5 Å². The lowest BCUT2D eigenvalue weighted by atomic mass is 9.98. The second-order valence-corrected chi connectivity index (χ2v) is 10.9. The van der Waals surface area contributed by atoms with Crippen LogP contribution in [0.25, 0.3) is 0 Å². The van der Waals surface area contributed by atoms with Crippen LogP contribution < -0.4 is 9.62 Å². The number of alkyl halides is 2. The van der Waals surface area contributed by atoms with Gasteiger partial charge in [0.25, 0.3) is 0 Å². The summed E-state index contributed by atoms with van der Waals surface area (Å²) < 4.78 is 70.1. The number of esters is 1. The van der Waals surface area contributed by atoms with E-state index in [0.717, 1.165) is 6.07 Å². The number of halogens is 3. The molecule has 0 unspecified atom stereocenters. The van der Waals surface area contributed by atoms with E-state index in [2.05, 4.69) is 9.97 Å². The number of ether oxygens (including phenoxy) is 1. The van der Waals surface area contributed by atoms with E-state index in [-0.39, 0.29) is 59.2 Å². The highest BCUT2D eigenvalue weighted by Crippen LogP contribution is 2.29. The number of hydrogen-bond acceptors (Lipinski definition) is 10. The van der Waals surface area contributed by atoms with Gasteiger partial charge in [-0.05, 0) is 42.8 Å². The molecular formula is C28H26F3N5O7S. The minimum Gasteiger partial charge on any atom is -0.478 e. The zero-order valence-corrected chi connectivity index (χ0v) is 24.0. The second kappa shape index (κ2) is 14.9. The minimum atomic E-state index is -4.05. The molecule has 1 aromatic carbocycles. The Bertz CT molecular complexity index is 1690. The van der Waals surface area contributed by atoms with E-state index in [1.54, 1.807) is 6.92 Å². The van der Waals surface area contributed by atoms with Crippen LogP contribution in [0.3, 0.4) is 0 Å². The van der Waals surface area contributed by atoms with Crippen molar-refractivity contribution < 1.29 is 45.8 Å². The number of hydrogen-bond donors (Lipinski definition) is 2. The minimum absolute atomic E-state index is 0.00663. The quantitative estimate of drug-likeness (QED) is 0.313. The van der Waals surface area contributed by atoms with Crippen molar-refractivity contribution in [1.82, 2.24) is 14.7 Å². The lowest BCUT2D eigenvalue weighted by Gasteiger charge is -2.39. The number of sulfonamides is 1. The van der Waals surface area contributed by atoms with Crippen LogP contribution in [-0.4, -0.2) is 61.0 Å². The predicted octanol–water partition coefficient (Wildman–Crippen LogP) is 3.07. The molecule has 3 aromatic rings. The lowest BCUT2D eigenvalue weighted by Crippen LogP contribution is -2.55. The summed E-state index contributed by atoms with van der Waals surface area (Å²) in [6, 6.07) is 10.9. The number of rotatable bonds is 10. The molecule has 3 heterocycles. The highest BCUT2D eigenvalue weighted by atomic mass is 32.2. The number of carbonyl (C=O) groups is 3. The SMILES string of the molecule is CCOC(=O)c1cc(C#N)c(N2CC(C(=O)NS(=O)(=O)Cc3cccc(F)c3)C2)nc1CF.O=C(O)c1cccnc1CF. The van der Waals surface area contributed by atoms with Gasteiger partial charge < -0.3 is 14.7 Å². The summed E-state index contributed by atoms with van der Waals surface area (Å²) >= 11 is 0. The van der Waals surface area contributed by atoms with Crippen molar-refractivity contribution in [3.05, 3.63) is 88.1 Å². The molecule has 1 saturated heterocycles. The fourth-order valence-electron chi connectivity index (χ4n) is 4.03. The molecule has 0 aliphatic carbocycles. The van der Waals surface area contributed by atoms with Gasteiger partial charge in [-0.3, -0.25) is 14.5 Å². The zero-order chi connectivity index (χ0) is 32.4. The molecule has 2 N–H and O–H groups in total. The van der Waals surface area contributed by atoms with Gasteiger partial charge in [0, 0.05) is 19.3 Å². The molecule has 4 rings (SSSR count). The third-order valence-electron chi connectivity index (χ3n) is 6.12. The first-order valence-corrected chi connectivity index (χ1v) is 14.5. The monoisotopic (exact) mass is 633 g/mol. The Balaban J connectivity index is 0.000000404. The van der Waals surface area contributed by atoms with E-state index in [1.807, 2.05) is 10.8 Å². The van der Waals surface area contributed by atoms with Crippen LogP contribution in [0.1, 0.15) is 50.2 Å². The summed E-state index contributed by atoms with van der Waals surface area (Å²) in [5, 5.41) is 17.9. The number of anilines is 1. The molecule has 0 bridgehead atoms.